The van der Waals surface area contributed by atoms with Crippen LogP contribution in [0.2, 0.25) is 0 Å². The van der Waals surface area contributed by atoms with E-state index in [0.717, 1.165) is 31.5 Å². The topological polar surface area (TPSA) is 61.6 Å². The van der Waals surface area contributed by atoms with E-state index in [0.29, 0.717) is 17.3 Å². The number of hydrogen-bond donors (Lipinski definition) is 2. The number of carbonyl (C=O) groups excluding carboxylic acids is 1. The van der Waals surface area contributed by atoms with Gasteiger partial charge in [0.25, 0.3) is 5.91 Å². The lowest BCUT2D eigenvalue weighted by Gasteiger charge is -2.36. The average Bonchev–Trinajstić information content (AvgIpc) is 2.46. The van der Waals surface area contributed by atoms with Crippen molar-refractivity contribution in [3.63, 3.8) is 0 Å². The summed E-state index contributed by atoms with van der Waals surface area (Å²) in [7, 11) is 4.13. The van der Waals surface area contributed by atoms with Crippen molar-refractivity contribution in [2.45, 2.75) is 25.8 Å². The molecule has 1 unspecified atom stereocenters. The molecular weight excluding hydrogens is 252 g/mol. The number of hydrazine groups is 1. The Morgan fingerprint density at radius 2 is 2.20 bits per heavy atom. The highest BCUT2D eigenvalue weighted by Gasteiger charge is 2.26. The SMILES string of the molecule is Cc1ccc(C(=O)N2CCCC(N(C)C)C2)c(NN)c1. The van der Waals surface area contributed by atoms with E-state index in [2.05, 4.69) is 24.4 Å². The van der Waals surface area contributed by atoms with Crippen LogP contribution in [0.1, 0.15) is 28.8 Å². The number of nitrogens with two attached hydrogens (primary N) is 1. The fraction of sp³-hybridized carbons (Fsp3) is 0.533. The Labute approximate surface area is 120 Å². The van der Waals surface area contributed by atoms with Gasteiger partial charge in [-0.1, -0.05) is 6.07 Å². The smallest absolute Gasteiger partial charge is 0.256 e. The second kappa shape index (κ2) is 6.24. The number of carbonyl (C=O) groups is 1. The number of aryl methyl sites for hydroxylation is 1. The molecule has 1 fully saturated rings. The first kappa shape index (κ1) is 14.8. The monoisotopic (exact) mass is 276 g/mol. The van der Waals surface area contributed by atoms with Crippen LogP contribution in [0, 0.1) is 6.92 Å². The first-order chi connectivity index (χ1) is 9.52. The first-order valence-electron chi connectivity index (χ1n) is 7.06. The van der Waals surface area contributed by atoms with Crippen molar-refractivity contribution in [2.75, 3.05) is 32.6 Å². The van der Waals surface area contributed by atoms with Crippen LogP contribution in [0.25, 0.3) is 0 Å². The van der Waals surface area contributed by atoms with Gasteiger partial charge in [0, 0.05) is 19.1 Å². The quantitative estimate of drug-likeness (QED) is 0.648. The third-order valence-corrected chi connectivity index (χ3v) is 3.98. The number of benzene rings is 1. The lowest BCUT2D eigenvalue weighted by Crippen LogP contribution is -2.47. The molecule has 0 bridgehead atoms. The summed E-state index contributed by atoms with van der Waals surface area (Å²) in [4.78, 5) is 16.8. The molecule has 1 atom stereocenters. The number of amides is 1. The van der Waals surface area contributed by atoms with E-state index in [1.54, 1.807) is 0 Å². The Balaban J connectivity index is 2.18. The molecule has 0 aromatic heterocycles. The summed E-state index contributed by atoms with van der Waals surface area (Å²) in [6.45, 7) is 3.59. The zero-order chi connectivity index (χ0) is 14.7. The van der Waals surface area contributed by atoms with Crippen LogP contribution < -0.4 is 11.3 Å². The van der Waals surface area contributed by atoms with Gasteiger partial charge >= 0.3 is 0 Å². The van der Waals surface area contributed by atoms with Crippen LogP contribution in [0.15, 0.2) is 18.2 Å². The number of rotatable bonds is 3. The van der Waals surface area contributed by atoms with Gasteiger partial charge in [-0.05, 0) is 51.6 Å². The Morgan fingerprint density at radius 1 is 1.45 bits per heavy atom. The second-order valence-corrected chi connectivity index (χ2v) is 5.70. The van der Waals surface area contributed by atoms with Crippen LogP contribution in [-0.2, 0) is 0 Å². The van der Waals surface area contributed by atoms with Gasteiger partial charge in [-0.3, -0.25) is 10.6 Å². The maximum Gasteiger partial charge on any atom is 0.256 e. The van der Waals surface area contributed by atoms with Gasteiger partial charge in [0.2, 0.25) is 0 Å². The number of piperidine rings is 1. The molecule has 1 aromatic carbocycles. The van der Waals surface area contributed by atoms with Crippen molar-refractivity contribution < 1.29 is 4.79 Å². The molecule has 0 spiro atoms. The minimum atomic E-state index is 0.0597. The minimum Gasteiger partial charge on any atom is -0.337 e. The molecule has 1 heterocycles. The second-order valence-electron chi connectivity index (χ2n) is 5.70. The van der Waals surface area contributed by atoms with Crippen molar-refractivity contribution >= 4 is 11.6 Å². The first-order valence-corrected chi connectivity index (χ1v) is 7.06. The zero-order valence-corrected chi connectivity index (χ0v) is 12.5. The van der Waals surface area contributed by atoms with Crippen LogP contribution in [0.4, 0.5) is 5.69 Å². The van der Waals surface area contributed by atoms with Crippen LogP contribution in [0.5, 0.6) is 0 Å². The fourth-order valence-electron chi connectivity index (χ4n) is 2.70. The molecule has 0 radical (unpaired) electrons. The van der Waals surface area contributed by atoms with Crippen molar-refractivity contribution in [1.29, 1.82) is 0 Å². The van der Waals surface area contributed by atoms with Gasteiger partial charge in [-0.25, -0.2) is 0 Å². The summed E-state index contributed by atoms with van der Waals surface area (Å²) in [5.41, 5.74) is 5.06. The largest absolute Gasteiger partial charge is 0.337 e. The Kier molecular flexibility index (Phi) is 4.62. The Bertz CT molecular complexity index is 487. The van der Waals surface area contributed by atoms with E-state index in [1.165, 1.54) is 0 Å². The molecule has 1 amide bonds. The van der Waals surface area contributed by atoms with E-state index < -0.39 is 0 Å². The summed E-state index contributed by atoms with van der Waals surface area (Å²) in [6.07, 6.45) is 2.19. The normalized spacial score (nSPS) is 19.2. The average molecular weight is 276 g/mol. The van der Waals surface area contributed by atoms with Gasteiger partial charge in [-0.15, -0.1) is 0 Å². The number of likely N-dealkylation sites (N-methyl/N-ethyl adjacent to an activating group) is 1. The van der Waals surface area contributed by atoms with Gasteiger partial charge < -0.3 is 15.2 Å². The predicted octanol–water partition coefficient (Wildman–Crippen LogP) is 1.45. The highest BCUT2D eigenvalue weighted by molar-refractivity contribution is 5.99. The zero-order valence-electron chi connectivity index (χ0n) is 12.5. The number of likely N-dealkylation sites (tertiary alicyclic amines) is 1. The molecule has 1 saturated heterocycles. The molecule has 0 aliphatic carbocycles. The van der Waals surface area contributed by atoms with Crippen molar-refractivity contribution in [3.05, 3.63) is 29.3 Å². The van der Waals surface area contributed by atoms with Crippen molar-refractivity contribution in [1.82, 2.24) is 9.80 Å². The lowest BCUT2D eigenvalue weighted by molar-refractivity contribution is 0.0636. The summed E-state index contributed by atoms with van der Waals surface area (Å²) >= 11 is 0. The van der Waals surface area contributed by atoms with Gasteiger partial charge in [0.1, 0.15) is 0 Å². The molecule has 20 heavy (non-hydrogen) atoms. The summed E-state index contributed by atoms with van der Waals surface area (Å²) < 4.78 is 0. The molecule has 3 N–H and O–H groups in total. The van der Waals surface area contributed by atoms with Crippen LogP contribution >= 0.6 is 0 Å². The summed E-state index contributed by atoms with van der Waals surface area (Å²) in [6, 6.07) is 6.14. The third kappa shape index (κ3) is 3.11. The van der Waals surface area contributed by atoms with E-state index in [-0.39, 0.29) is 5.91 Å². The van der Waals surface area contributed by atoms with Gasteiger partial charge in [0.05, 0.1) is 11.3 Å². The molecular formula is C15H24N4O. The standard InChI is InChI=1S/C15H24N4O/c1-11-6-7-13(14(9-11)17-16)15(20)19-8-4-5-12(10-19)18(2)3/h6-7,9,12,17H,4-5,8,10,16H2,1-3H3. The molecule has 2 rings (SSSR count). The molecule has 5 nitrogen and oxygen atoms in total. The van der Waals surface area contributed by atoms with Crippen LogP contribution in [-0.4, -0.2) is 48.9 Å². The molecule has 1 aliphatic rings. The summed E-state index contributed by atoms with van der Waals surface area (Å²) in [5.74, 6) is 5.59. The maximum atomic E-state index is 12.7. The van der Waals surface area contributed by atoms with Gasteiger partial charge in [0.15, 0.2) is 0 Å². The molecule has 1 aromatic rings. The highest BCUT2D eigenvalue weighted by Crippen LogP contribution is 2.21. The fourth-order valence-corrected chi connectivity index (χ4v) is 2.70. The molecule has 110 valence electrons. The maximum absolute atomic E-state index is 12.7. The molecule has 1 aliphatic heterocycles. The molecule has 0 saturated carbocycles. The van der Waals surface area contributed by atoms with Crippen molar-refractivity contribution in [3.8, 4) is 0 Å². The number of nitrogens with one attached hydrogen (secondary N) is 1. The van der Waals surface area contributed by atoms with Crippen LogP contribution in [0.3, 0.4) is 0 Å². The predicted molar refractivity (Wildman–Crippen MR) is 81.6 cm³/mol. The number of anilines is 1. The van der Waals surface area contributed by atoms with Crippen molar-refractivity contribution in [2.24, 2.45) is 5.84 Å². The highest BCUT2D eigenvalue weighted by atomic mass is 16.2. The Hall–Kier alpha value is -1.59. The number of hydrogen-bond acceptors (Lipinski definition) is 4. The van der Waals surface area contributed by atoms with E-state index >= 15 is 0 Å². The summed E-state index contributed by atoms with van der Waals surface area (Å²) in [5, 5.41) is 0. The lowest BCUT2D eigenvalue weighted by atomic mass is 10.0. The number of nitrogens with zero attached hydrogens (tertiary/aromatic N) is 2. The minimum absolute atomic E-state index is 0.0597. The van der Waals surface area contributed by atoms with E-state index in [9.17, 15) is 4.79 Å². The van der Waals surface area contributed by atoms with Gasteiger partial charge in [-0.2, -0.15) is 0 Å². The third-order valence-electron chi connectivity index (χ3n) is 3.98. The van der Waals surface area contributed by atoms with E-state index in [4.69, 9.17) is 5.84 Å². The molecule has 5 heteroatoms. The Morgan fingerprint density at radius 3 is 2.85 bits per heavy atom. The van der Waals surface area contributed by atoms with E-state index in [1.807, 2.05) is 30.0 Å². The number of nitrogen functional groups attached to an aromatic ring is 1.